The number of morpholine rings is 1. The van der Waals surface area contributed by atoms with Gasteiger partial charge in [0.15, 0.2) is 0 Å². The summed E-state index contributed by atoms with van der Waals surface area (Å²) in [5, 5.41) is 44.3. The van der Waals surface area contributed by atoms with Gasteiger partial charge in [0.1, 0.15) is 17.2 Å². The number of hydrogen-bond donors (Lipinski definition) is 0. The Hall–Kier alpha value is -8.78. The van der Waals surface area contributed by atoms with E-state index in [9.17, 15) is 9.59 Å². The summed E-state index contributed by atoms with van der Waals surface area (Å²) < 4.78 is 27.2. The van der Waals surface area contributed by atoms with E-state index in [1.807, 2.05) is 122 Å². The maximum absolute atomic E-state index is 11.1. The number of ether oxygens (including phenoxy) is 5. The number of carbonyl (C=O) groups is 2. The van der Waals surface area contributed by atoms with E-state index in [0.717, 1.165) is 143 Å². The summed E-state index contributed by atoms with van der Waals surface area (Å²) in [6, 6.07) is 47.7. The van der Waals surface area contributed by atoms with Crippen LogP contribution in [0.3, 0.4) is 0 Å². The van der Waals surface area contributed by atoms with Crippen molar-refractivity contribution in [1.29, 1.82) is 0 Å². The van der Waals surface area contributed by atoms with Gasteiger partial charge < -0.3 is 33.5 Å². The zero-order chi connectivity index (χ0) is 64.4. The average Bonchev–Trinajstić information content (AvgIpc) is 1.74. The number of halogens is 2. The number of hydrogen-bond acceptors (Lipinski definition) is 19. The Balaban J connectivity index is 0.000000238. The smallest absolute Gasteiger partial charge is 0.305 e. The normalized spacial score (nSPS) is 13.5. The molecule has 0 atom stereocenters. The maximum Gasteiger partial charge on any atom is 0.305 e. The van der Waals surface area contributed by atoms with Crippen LogP contribution < -0.4 is 19.3 Å². The molecule has 9 rings (SSSR count). The molecule has 2 fully saturated rings. The van der Waals surface area contributed by atoms with Gasteiger partial charge in [0.25, 0.3) is 0 Å². The van der Waals surface area contributed by atoms with Crippen molar-refractivity contribution in [3.63, 3.8) is 0 Å². The lowest BCUT2D eigenvalue weighted by molar-refractivity contribution is -0.144. The fraction of sp³-hybridized carbons (Fsp3) is 0.380. The van der Waals surface area contributed by atoms with Crippen molar-refractivity contribution in [2.75, 3.05) is 75.6 Å². The quantitative estimate of drug-likeness (QED) is 0.0229. The predicted octanol–water partition coefficient (Wildman–Crippen LogP) is 22.1. The van der Waals surface area contributed by atoms with Crippen LogP contribution in [0.1, 0.15) is 109 Å². The molecule has 0 unspecified atom stereocenters. The molecule has 0 aromatic heterocycles. The molecule has 2 aliphatic rings. The minimum Gasteiger partial charge on any atom is -0.494 e. The largest absolute Gasteiger partial charge is 0.494 e. The molecular formula is C71H82Cl2N12O7. The Morgan fingerprint density at radius 2 is 0.761 bits per heavy atom. The molecular weight excluding hydrogens is 1200 g/mol. The zero-order valence-corrected chi connectivity index (χ0v) is 54.4. The molecule has 7 aromatic carbocycles. The molecule has 92 heavy (non-hydrogen) atoms. The average molecular weight is 1290 g/mol. The lowest BCUT2D eigenvalue weighted by Crippen LogP contribution is -2.36. The number of rotatable bonds is 31. The van der Waals surface area contributed by atoms with Gasteiger partial charge in [-0.3, -0.25) is 9.59 Å². The van der Waals surface area contributed by atoms with Crippen molar-refractivity contribution in [3.8, 4) is 11.5 Å². The van der Waals surface area contributed by atoms with E-state index < -0.39 is 0 Å². The van der Waals surface area contributed by atoms with Gasteiger partial charge in [-0.1, -0.05) is 62.7 Å². The van der Waals surface area contributed by atoms with Crippen molar-refractivity contribution in [2.24, 2.45) is 51.1 Å². The van der Waals surface area contributed by atoms with Gasteiger partial charge in [0.2, 0.25) is 0 Å². The highest BCUT2D eigenvalue weighted by atomic mass is 35.5. The summed E-state index contributed by atoms with van der Waals surface area (Å²) in [5.41, 5.74) is 10.4. The van der Waals surface area contributed by atoms with Crippen LogP contribution in [0.5, 0.6) is 11.5 Å². The van der Waals surface area contributed by atoms with Gasteiger partial charge >= 0.3 is 11.9 Å². The summed E-state index contributed by atoms with van der Waals surface area (Å²) >= 11 is 12.9. The van der Waals surface area contributed by atoms with Gasteiger partial charge in [-0.25, -0.2) is 0 Å². The molecule has 7 aromatic rings. The standard InChI is InChI=1S/C37H41N7O4.C34H41Cl2N5O3/c1-3-37(45)48-24-6-4-5-23-47-35-18-13-32(14-19-35)39-38-29-7-9-30(10-8-29)41-43-36-20-15-33(27-28(36)2)42-40-31-11-16-34(17-12-31)44-21-25-46-26-22-44;1-2-33(42)44-23-11-6-4-3-5-10-22-43-30-24-31(35)34(32(36)25-30)40-39-27-14-12-26(13-15-27)37-38-28-16-18-29(19-17-28)41-20-8-7-9-21-41/h7-20,27H,3-6,21-26H2,1-2H3;12-19,24-25H,2-11,20-23H2,1H3. The minimum atomic E-state index is -0.154. The summed E-state index contributed by atoms with van der Waals surface area (Å²) in [7, 11) is 0. The Labute approximate surface area is 550 Å². The molecule has 19 nitrogen and oxygen atoms in total. The van der Waals surface area contributed by atoms with Crippen LogP contribution in [-0.4, -0.2) is 77.8 Å². The highest BCUT2D eigenvalue weighted by molar-refractivity contribution is 6.38. The molecule has 0 spiro atoms. The van der Waals surface area contributed by atoms with Gasteiger partial charge in [-0.15, -0.1) is 5.11 Å². The van der Waals surface area contributed by atoms with E-state index in [4.69, 9.17) is 46.9 Å². The van der Waals surface area contributed by atoms with Crippen LogP contribution in [0.2, 0.25) is 10.0 Å². The third-order valence-corrected chi connectivity index (χ3v) is 15.4. The van der Waals surface area contributed by atoms with Crippen molar-refractivity contribution < 1.29 is 33.3 Å². The first-order chi connectivity index (χ1) is 45.1. The third kappa shape index (κ3) is 24.4. The molecule has 0 saturated carbocycles. The number of nitrogens with zero attached hydrogens (tertiary/aromatic N) is 12. The molecule has 0 bridgehead atoms. The topological polar surface area (TPSA) is 210 Å². The van der Waals surface area contributed by atoms with Crippen molar-refractivity contribution in [3.05, 3.63) is 167 Å². The highest BCUT2D eigenvalue weighted by Crippen LogP contribution is 2.39. The summed E-state index contributed by atoms with van der Waals surface area (Å²) in [4.78, 5) is 27.0. The second-order valence-corrected chi connectivity index (χ2v) is 22.8. The first-order valence-electron chi connectivity index (χ1n) is 31.9. The van der Waals surface area contributed by atoms with Crippen LogP contribution >= 0.6 is 23.2 Å². The molecule has 482 valence electrons. The molecule has 0 radical (unpaired) electrons. The minimum absolute atomic E-state index is 0.131. The monoisotopic (exact) mass is 1280 g/mol. The fourth-order valence-electron chi connectivity index (χ4n) is 9.56. The highest BCUT2D eigenvalue weighted by Gasteiger charge is 2.14. The number of unbranched alkanes of at least 4 members (excludes halogenated alkanes) is 7. The van der Waals surface area contributed by atoms with E-state index in [2.05, 4.69) is 85.2 Å². The van der Waals surface area contributed by atoms with E-state index in [0.29, 0.717) is 77.8 Å². The molecule has 0 amide bonds. The van der Waals surface area contributed by atoms with Crippen LogP contribution in [0.15, 0.2) is 203 Å². The molecule has 21 heteroatoms. The fourth-order valence-corrected chi connectivity index (χ4v) is 10.1. The number of aryl methyl sites for hydroxylation is 1. The van der Waals surface area contributed by atoms with Crippen molar-refractivity contribution in [1.82, 2.24) is 0 Å². The second kappa shape index (κ2) is 38.8. The Bertz CT molecular complexity index is 3500. The number of benzene rings is 7. The zero-order valence-electron chi connectivity index (χ0n) is 52.9. The number of piperidine rings is 1. The Morgan fingerprint density at radius 3 is 1.22 bits per heavy atom. The Morgan fingerprint density at radius 1 is 0.402 bits per heavy atom. The first kappa shape index (κ1) is 69.1. The second-order valence-electron chi connectivity index (χ2n) is 21.9. The molecule has 2 aliphatic heterocycles. The lowest BCUT2D eigenvalue weighted by Gasteiger charge is -2.28. The van der Waals surface area contributed by atoms with Gasteiger partial charge in [0.05, 0.1) is 101 Å². The maximum atomic E-state index is 11.1. The number of carbonyl (C=O) groups excluding carboxylic acids is 2. The molecule has 0 aliphatic carbocycles. The Kier molecular flexibility index (Phi) is 29.2. The molecule has 2 heterocycles. The van der Waals surface area contributed by atoms with Crippen molar-refractivity contribution in [2.45, 2.75) is 111 Å². The molecule has 2 saturated heterocycles. The van der Waals surface area contributed by atoms with Crippen LogP contribution in [-0.2, 0) is 23.8 Å². The van der Waals surface area contributed by atoms with E-state index in [-0.39, 0.29) is 11.9 Å². The van der Waals surface area contributed by atoms with Crippen molar-refractivity contribution >= 4 is 103 Å². The van der Waals surface area contributed by atoms with Crippen LogP contribution in [0, 0.1) is 6.92 Å². The van der Waals surface area contributed by atoms with Gasteiger partial charge in [0, 0.05) is 62.5 Å². The van der Waals surface area contributed by atoms with E-state index in [1.54, 1.807) is 26.0 Å². The summed E-state index contributed by atoms with van der Waals surface area (Å²) in [5.74, 6) is 1.10. The number of anilines is 2. The van der Waals surface area contributed by atoms with E-state index >= 15 is 0 Å². The third-order valence-electron chi connectivity index (χ3n) is 14.9. The summed E-state index contributed by atoms with van der Waals surface area (Å²) in [6.45, 7) is 13.3. The summed E-state index contributed by atoms with van der Waals surface area (Å²) in [6.07, 6.45) is 13.5. The van der Waals surface area contributed by atoms with E-state index in [1.165, 1.54) is 30.6 Å². The predicted molar refractivity (Wildman–Crippen MR) is 365 cm³/mol. The van der Waals surface area contributed by atoms with Gasteiger partial charge in [-0.05, 0) is 203 Å². The lowest BCUT2D eigenvalue weighted by atomic mass is 10.1. The molecule has 0 N–H and O–H groups in total. The van der Waals surface area contributed by atoms with Gasteiger partial charge in [-0.2, -0.15) is 46.0 Å². The van der Waals surface area contributed by atoms with Crippen LogP contribution in [0.25, 0.3) is 0 Å². The number of esters is 2. The first-order valence-corrected chi connectivity index (χ1v) is 32.7. The van der Waals surface area contributed by atoms with Crippen LogP contribution in [0.4, 0.5) is 68.2 Å². The SMILES string of the molecule is CCC(=O)OCCCCCCCCOc1cc(Cl)c(N=Nc2ccc(N=Nc3ccc(N4CCCCC4)cc3)cc2)c(Cl)c1.CCC(=O)OCCCCCOc1ccc(N=Nc2ccc(N=Nc3ccc(N=Nc4ccc(N5CCOCC5)cc4)cc3C)cc2)cc1. The number of azo groups is 5.